The van der Waals surface area contributed by atoms with Gasteiger partial charge in [-0.2, -0.15) is 0 Å². The summed E-state index contributed by atoms with van der Waals surface area (Å²) >= 11 is 0. The maximum absolute atomic E-state index is 13.7. The molecule has 0 spiro atoms. The third-order valence-electron chi connectivity index (χ3n) is 4.38. The second-order valence-corrected chi connectivity index (χ2v) is 6.62. The van der Waals surface area contributed by atoms with Gasteiger partial charge < -0.3 is 15.7 Å². The lowest BCUT2D eigenvalue weighted by atomic mass is 9.97. The van der Waals surface area contributed by atoms with Crippen molar-refractivity contribution in [2.45, 2.75) is 25.7 Å². The Morgan fingerprint density at radius 1 is 0.962 bits per heavy atom. The van der Waals surface area contributed by atoms with Gasteiger partial charge in [-0.15, -0.1) is 0 Å². The molecule has 136 valence electrons. The molecule has 0 unspecified atom stereocenters. The van der Waals surface area contributed by atoms with Crippen LogP contribution >= 0.6 is 0 Å². The van der Waals surface area contributed by atoms with Gasteiger partial charge in [0.05, 0.1) is 5.69 Å². The third-order valence-corrected chi connectivity index (χ3v) is 4.38. The molecule has 1 saturated carbocycles. The minimum absolute atomic E-state index is 0.0145. The maximum Gasteiger partial charge on any atom is 0.225 e. The third kappa shape index (κ3) is 4.56. The molecule has 2 amide bonds. The van der Waals surface area contributed by atoms with Gasteiger partial charge in [0.25, 0.3) is 0 Å². The fourth-order valence-electron chi connectivity index (χ4n) is 2.81. The van der Waals surface area contributed by atoms with Crippen molar-refractivity contribution in [3.8, 4) is 5.75 Å². The SMILES string of the molecule is O=C(CC1(CC(=O)Nc2ccc(O)cc2F)CC1)Nc1ccc(F)cc1. The summed E-state index contributed by atoms with van der Waals surface area (Å²) in [6.45, 7) is 0. The van der Waals surface area contributed by atoms with Crippen LogP contribution < -0.4 is 10.6 Å². The smallest absolute Gasteiger partial charge is 0.225 e. The van der Waals surface area contributed by atoms with Crippen LogP contribution in [0, 0.1) is 17.0 Å². The van der Waals surface area contributed by atoms with Gasteiger partial charge in [0, 0.05) is 24.6 Å². The number of aromatic hydroxyl groups is 1. The van der Waals surface area contributed by atoms with E-state index in [0.29, 0.717) is 5.69 Å². The van der Waals surface area contributed by atoms with Gasteiger partial charge in [0.1, 0.15) is 17.4 Å². The number of nitrogens with one attached hydrogen (secondary N) is 2. The van der Waals surface area contributed by atoms with Gasteiger partial charge in [-0.05, 0) is 54.7 Å². The van der Waals surface area contributed by atoms with Crippen molar-refractivity contribution in [1.82, 2.24) is 0 Å². The number of carbonyl (C=O) groups is 2. The first-order valence-electron chi connectivity index (χ1n) is 8.19. The highest BCUT2D eigenvalue weighted by atomic mass is 19.1. The summed E-state index contributed by atoms with van der Waals surface area (Å²) in [6, 6.07) is 8.91. The van der Waals surface area contributed by atoms with Crippen molar-refractivity contribution in [3.63, 3.8) is 0 Å². The second-order valence-electron chi connectivity index (χ2n) is 6.62. The molecule has 0 aliphatic heterocycles. The normalized spacial score (nSPS) is 14.5. The van der Waals surface area contributed by atoms with Gasteiger partial charge in [0.2, 0.25) is 11.8 Å². The first-order chi connectivity index (χ1) is 12.3. The Kier molecular flexibility index (Phi) is 4.88. The summed E-state index contributed by atoms with van der Waals surface area (Å²) in [7, 11) is 0. The van der Waals surface area contributed by atoms with Crippen LogP contribution in [0.25, 0.3) is 0 Å². The largest absolute Gasteiger partial charge is 0.508 e. The van der Waals surface area contributed by atoms with E-state index >= 15 is 0 Å². The highest BCUT2D eigenvalue weighted by Crippen LogP contribution is 2.52. The van der Waals surface area contributed by atoms with E-state index in [4.69, 9.17) is 0 Å². The lowest BCUT2D eigenvalue weighted by Crippen LogP contribution is -2.23. The number of hydrogen-bond donors (Lipinski definition) is 3. The first kappa shape index (κ1) is 17.8. The summed E-state index contributed by atoms with van der Waals surface area (Å²) in [4.78, 5) is 24.3. The van der Waals surface area contributed by atoms with Gasteiger partial charge in [-0.1, -0.05) is 0 Å². The molecule has 5 nitrogen and oxygen atoms in total. The standard InChI is InChI=1S/C19H18F2N2O3/c20-12-1-3-13(4-2-12)22-17(25)10-19(7-8-19)11-18(26)23-16-6-5-14(24)9-15(16)21/h1-6,9,24H,7-8,10-11H2,(H,22,25)(H,23,26). The topological polar surface area (TPSA) is 78.4 Å². The first-order valence-corrected chi connectivity index (χ1v) is 8.19. The fourth-order valence-corrected chi connectivity index (χ4v) is 2.81. The Balaban J connectivity index is 1.54. The van der Waals surface area contributed by atoms with Crippen molar-refractivity contribution in [2.75, 3.05) is 10.6 Å². The van der Waals surface area contributed by atoms with E-state index in [1.165, 1.54) is 36.4 Å². The zero-order valence-corrected chi connectivity index (χ0v) is 13.9. The minimum Gasteiger partial charge on any atom is -0.508 e. The van der Waals surface area contributed by atoms with E-state index in [-0.39, 0.29) is 41.9 Å². The average molecular weight is 360 g/mol. The van der Waals surface area contributed by atoms with Crippen LogP contribution in [-0.4, -0.2) is 16.9 Å². The van der Waals surface area contributed by atoms with Gasteiger partial charge >= 0.3 is 0 Å². The molecule has 2 aromatic rings. The Bertz CT molecular complexity index is 833. The van der Waals surface area contributed by atoms with Crippen molar-refractivity contribution in [3.05, 3.63) is 54.1 Å². The van der Waals surface area contributed by atoms with Crippen molar-refractivity contribution in [1.29, 1.82) is 0 Å². The lowest BCUT2D eigenvalue weighted by Gasteiger charge is -2.15. The van der Waals surface area contributed by atoms with Gasteiger partial charge in [-0.25, -0.2) is 8.78 Å². The summed E-state index contributed by atoms with van der Waals surface area (Å²) in [5.74, 6) is -1.98. The van der Waals surface area contributed by atoms with Crippen molar-refractivity contribution in [2.24, 2.45) is 5.41 Å². The summed E-state index contributed by atoms with van der Waals surface area (Å²) < 4.78 is 26.6. The number of anilines is 2. The fraction of sp³-hybridized carbons (Fsp3) is 0.263. The number of rotatable bonds is 6. The Labute approximate surface area is 149 Å². The van der Waals surface area contributed by atoms with E-state index in [1.807, 2.05) is 0 Å². The molecule has 0 radical (unpaired) electrons. The monoisotopic (exact) mass is 360 g/mol. The molecular formula is C19H18F2N2O3. The molecular weight excluding hydrogens is 342 g/mol. The summed E-state index contributed by atoms with van der Waals surface area (Å²) in [5, 5.41) is 14.3. The van der Waals surface area contributed by atoms with E-state index < -0.39 is 11.2 Å². The number of phenols is 1. The number of benzene rings is 2. The van der Waals surface area contributed by atoms with E-state index in [1.54, 1.807) is 0 Å². The molecule has 1 aliphatic rings. The zero-order valence-electron chi connectivity index (χ0n) is 13.9. The molecule has 26 heavy (non-hydrogen) atoms. The summed E-state index contributed by atoms with van der Waals surface area (Å²) in [6.07, 6.45) is 1.73. The Morgan fingerprint density at radius 3 is 2.15 bits per heavy atom. The van der Waals surface area contributed by atoms with Gasteiger partial charge in [-0.3, -0.25) is 9.59 Å². The van der Waals surface area contributed by atoms with Crippen LogP contribution in [0.5, 0.6) is 5.75 Å². The molecule has 3 rings (SSSR count). The van der Waals surface area contributed by atoms with Crippen molar-refractivity contribution < 1.29 is 23.5 Å². The quantitative estimate of drug-likeness (QED) is 0.686. The average Bonchev–Trinajstić information content (AvgIpc) is 3.31. The second kappa shape index (κ2) is 7.11. The Hall–Kier alpha value is -2.96. The molecule has 0 saturated heterocycles. The number of halogens is 2. The number of amides is 2. The molecule has 3 N–H and O–H groups in total. The highest BCUT2D eigenvalue weighted by Gasteiger charge is 2.45. The van der Waals surface area contributed by atoms with E-state index in [0.717, 1.165) is 18.9 Å². The predicted molar refractivity (Wildman–Crippen MR) is 92.6 cm³/mol. The van der Waals surface area contributed by atoms with Crippen LogP contribution in [0.4, 0.5) is 20.2 Å². The molecule has 7 heteroatoms. The molecule has 0 bridgehead atoms. The molecule has 1 aliphatic carbocycles. The highest BCUT2D eigenvalue weighted by molar-refractivity contribution is 5.94. The van der Waals surface area contributed by atoms with E-state index in [9.17, 15) is 23.5 Å². The van der Waals surface area contributed by atoms with Crippen LogP contribution in [0.15, 0.2) is 42.5 Å². The lowest BCUT2D eigenvalue weighted by molar-refractivity contribution is -0.119. The van der Waals surface area contributed by atoms with Crippen LogP contribution in [0.3, 0.4) is 0 Å². The number of phenolic OH excluding ortho intramolecular Hbond substituents is 1. The molecule has 1 fully saturated rings. The van der Waals surface area contributed by atoms with Crippen LogP contribution in [-0.2, 0) is 9.59 Å². The Morgan fingerprint density at radius 2 is 1.58 bits per heavy atom. The molecule has 0 aromatic heterocycles. The van der Waals surface area contributed by atoms with E-state index in [2.05, 4.69) is 10.6 Å². The van der Waals surface area contributed by atoms with Crippen LogP contribution in [0.2, 0.25) is 0 Å². The molecule has 2 aromatic carbocycles. The van der Waals surface area contributed by atoms with Crippen molar-refractivity contribution >= 4 is 23.2 Å². The predicted octanol–water partition coefficient (Wildman–Crippen LogP) is 3.81. The van der Waals surface area contributed by atoms with Crippen LogP contribution in [0.1, 0.15) is 25.7 Å². The number of hydrogen-bond acceptors (Lipinski definition) is 3. The molecule has 0 heterocycles. The number of carbonyl (C=O) groups excluding carboxylic acids is 2. The zero-order chi connectivity index (χ0) is 18.7. The summed E-state index contributed by atoms with van der Waals surface area (Å²) in [5.41, 5.74) is 0.0453. The maximum atomic E-state index is 13.7. The molecule has 0 atom stereocenters. The minimum atomic E-state index is -0.725. The van der Waals surface area contributed by atoms with Gasteiger partial charge in [0.15, 0.2) is 0 Å².